The number of halogens is 3. The first-order valence-electron chi connectivity index (χ1n) is 7.73. The number of anilines is 1. The zero-order valence-electron chi connectivity index (χ0n) is 14.1. The predicted octanol–water partition coefficient (Wildman–Crippen LogP) is 3.24. The Hall–Kier alpha value is -3.10. The van der Waals surface area contributed by atoms with E-state index in [0.29, 0.717) is 11.3 Å². The van der Waals surface area contributed by atoms with Crippen molar-refractivity contribution in [3.05, 3.63) is 65.2 Å². The van der Waals surface area contributed by atoms with Crippen LogP contribution in [-0.4, -0.2) is 25.5 Å². The molecule has 0 fully saturated rings. The number of alkyl halides is 3. The fourth-order valence-corrected chi connectivity index (χ4v) is 2.41. The number of benzene rings is 1. The summed E-state index contributed by atoms with van der Waals surface area (Å²) in [5.74, 6) is -0.382. The Morgan fingerprint density at radius 3 is 2.69 bits per heavy atom. The number of aryl methyl sites for hydroxylation is 2. The largest absolute Gasteiger partial charge is 0.416 e. The molecule has 2 aromatic heterocycles. The normalized spacial score (nSPS) is 11.6. The van der Waals surface area contributed by atoms with Gasteiger partial charge in [-0.05, 0) is 30.7 Å². The van der Waals surface area contributed by atoms with Crippen LogP contribution < -0.4 is 5.32 Å². The maximum Gasteiger partial charge on any atom is 0.416 e. The quantitative estimate of drug-likeness (QED) is 0.774. The number of amides is 1. The monoisotopic (exact) mass is 363 g/mol. The molecule has 0 aliphatic heterocycles. The third kappa shape index (κ3) is 3.93. The average Bonchev–Trinajstić information content (AvgIpc) is 3.14. The van der Waals surface area contributed by atoms with Gasteiger partial charge in [-0.2, -0.15) is 23.4 Å². The number of carbonyl (C=O) groups excluding carboxylic acids is 1. The van der Waals surface area contributed by atoms with Crippen LogP contribution in [0.4, 0.5) is 18.9 Å². The summed E-state index contributed by atoms with van der Waals surface area (Å²) in [7, 11) is 1.74. The van der Waals surface area contributed by atoms with Gasteiger partial charge in [-0.15, -0.1) is 0 Å². The molecule has 0 aliphatic rings. The Kier molecular flexibility index (Phi) is 4.54. The number of carbonyl (C=O) groups is 1. The molecular formula is C17H16F3N5O. The summed E-state index contributed by atoms with van der Waals surface area (Å²) >= 11 is 0. The van der Waals surface area contributed by atoms with E-state index < -0.39 is 11.7 Å². The van der Waals surface area contributed by atoms with Gasteiger partial charge in [0.1, 0.15) is 0 Å². The van der Waals surface area contributed by atoms with Gasteiger partial charge in [0.05, 0.1) is 24.0 Å². The van der Waals surface area contributed by atoms with Gasteiger partial charge in [0.2, 0.25) is 0 Å². The van der Waals surface area contributed by atoms with Crippen molar-refractivity contribution in [2.75, 3.05) is 5.32 Å². The van der Waals surface area contributed by atoms with Gasteiger partial charge < -0.3 is 5.32 Å². The molecule has 6 nitrogen and oxygen atoms in total. The number of rotatable bonds is 4. The lowest BCUT2D eigenvalue weighted by Gasteiger charge is -2.08. The number of hydrogen-bond acceptors (Lipinski definition) is 3. The van der Waals surface area contributed by atoms with Crippen LogP contribution in [0.1, 0.15) is 27.3 Å². The molecule has 136 valence electrons. The predicted molar refractivity (Wildman–Crippen MR) is 88.7 cm³/mol. The van der Waals surface area contributed by atoms with Gasteiger partial charge in [0.25, 0.3) is 5.91 Å². The number of hydrogen-bond donors (Lipinski definition) is 1. The van der Waals surface area contributed by atoms with E-state index in [1.54, 1.807) is 30.1 Å². The zero-order valence-corrected chi connectivity index (χ0v) is 14.1. The number of nitrogens with zero attached hydrogens (tertiary/aromatic N) is 4. The van der Waals surface area contributed by atoms with E-state index in [1.807, 2.05) is 6.92 Å². The van der Waals surface area contributed by atoms with E-state index in [2.05, 4.69) is 15.5 Å². The van der Waals surface area contributed by atoms with Gasteiger partial charge >= 0.3 is 6.18 Å². The smallest absolute Gasteiger partial charge is 0.318 e. The van der Waals surface area contributed by atoms with Gasteiger partial charge in [-0.25, -0.2) is 0 Å². The van der Waals surface area contributed by atoms with Gasteiger partial charge in [-0.3, -0.25) is 14.2 Å². The summed E-state index contributed by atoms with van der Waals surface area (Å²) < 4.78 is 41.3. The summed E-state index contributed by atoms with van der Waals surface area (Å²) in [6.45, 7) is 1.99. The first kappa shape index (κ1) is 17.7. The average molecular weight is 363 g/mol. The maximum atomic E-state index is 12.8. The molecule has 0 spiro atoms. The Bertz CT molecular complexity index is 923. The molecular weight excluding hydrogens is 347 g/mol. The molecule has 0 saturated heterocycles. The lowest BCUT2D eigenvalue weighted by molar-refractivity contribution is -0.137. The van der Waals surface area contributed by atoms with Crippen molar-refractivity contribution in [3.8, 4) is 0 Å². The third-order valence-electron chi connectivity index (χ3n) is 3.84. The molecule has 2 heterocycles. The van der Waals surface area contributed by atoms with Gasteiger partial charge in [0.15, 0.2) is 5.69 Å². The second kappa shape index (κ2) is 6.66. The zero-order chi connectivity index (χ0) is 18.9. The minimum Gasteiger partial charge on any atom is -0.318 e. The fraction of sp³-hybridized carbons (Fsp3) is 0.235. The van der Waals surface area contributed by atoms with Crippen LogP contribution in [0.5, 0.6) is 0 Å². The van der Waals surface area contributed by atoms with Crippen LogP contribution in [0.3, 0.4) is 0 Å². The van der Waals surface area contributed by atoms with E-state index in [1.165, 1.54) is 16.9 Å². The summed E-state index contributed by atoms with van der Waals surface area (Å²) in [6.07, 6.45) is -1.41. The topological polar surface area (TPSA) is 64.7 Å². The van der Waals surface area contributed by atoms with E-state index >= 15 is 0 Å². The summed E-state index contributed by atoms with van der Waals surface area (Å²) in [5.41, 5.74) is 1.30. The first-order chi connectivity index (χ1) is 12.2. The van der Waals surface area contributed by atoms with Crippen molar-refractivity contribution in [1.82, 2.24) is 19.6 Å². The minimum absolute atomic E-state index is 0.155. The molecule has 0 radical (unpaired) electrons. The standard InChI is InChI=1S/C17H16F3N5O/c1-11-6-15(23-24(11)2)16(26)22-14-8-21-25(10-14)9-12-4-3-5-13(7-12)17(18,19)20/h3-8,10H,9H2,1-2H3,(H,22,26). The minimum atomic E-state index is -4.39. The number of nitrogens with one attached hydrogen (secondary N) is 1. The molecule has 3 aromatic rings. The highest BCUT2D eigenvalue weighted by Gasteiger charge is 2.30. The third-order valence-corrected chi connectivity index (χ3v) is 3.84. The van der Waals surface area contributed by atoms with Crippen LogP contribution in [0.25, 0.3) is 0 Å². The molecule has 1 aromatic carbocycles. The van der Waals surface area contributed by atoms with Gasteiger partial charge in [0, 0.05) is 18.9 Å². The summed E-state index contributed by atoms with van der Waals surface area (Å²) in [5, 5.41) is 10.8. The van der Waals surface area contributed by atoms with E-state index in [-0.39, 0.29) is 18.1 Å². The highest BCUT2D eigenvalue weighted by molar-refractivity contribution is 6.02. The van der Waals surface area contributed by atoms with Crippen molar-refractivity contribution >= 4 is 11.6 Å². The molecule has 0 bridgehead atoms. The van der Waals surface area contributed by atoms with Crippen LogP contribution in [0, 0.1) is 6.92 Å². The van der Waals surface area contributed by atoms with Crippen molar-refractivity contribution in [2.24, 2.45) is 7.05 Å². The molecule has 0 atom stereocenters. The highest BCUT2D eigenvalue weighted by atomic mass is 19.4. The van der Waals surface area contributed by atoms with E-state index in [9.17, 15) is 18.0 Å². The van der Waals surface area contributed by atoms with E-state index in [0.717, 1.165) is 17.8 Å². The van der Waals surface area contributed by atoms with Crippen molar-refractivity contribution in [2.45, 2.75) is 19.6 Å². The van der Waals surface area contributed by atoms with Crippen LogP contribution >= 0.6 is 0 Å². The Labute approximate surface area is 147 Å². The summed E-state index contributed by atoms with van der Waals surface area (Å²) in [6, 6.07) is 6.70. The van der Waals surface area contributed by atoms with Crippen molar-refractivity contribution < 1.29 is 18.0 Å². The Morgan fingerprint density at radius 2 is 2.04 bits per heavy atom. The maximum absolute atomic E-state index is 12.8. The second-order valence-electron chi connectivity index (χ2n) is 5.87. The Morgan fingerprint density at radius 1 is 1.27 bits per heavy atom. The molecule has 1 N–H and O–H groups in total. The van der Waals surface area contributed by atoms with Crippen molar-refractivity contribution in [1.29, 1.82) is 0 Å². The first-order valence-corrected chi connectivity index (χ1v) is 7.73. The summed E-state index contributed by atoms with van der Waals surface area (Å²) in [4.78, 5) is 12.2. The number of aromatic nitrogens is 4. The lowest BCUT2D eigenvalue weighted by atomic mass is 10.1. The van der Waals surface area contributed by atoms with Crippen LogP contribution in [-0.2, 0) is 19.8 Å². The highest BCUT2D eigenvalue weighted by Crippen LogP contribution is 2.29. The van der Waals surface area contributed by atoms with Crippen LogP contribution in [0.2, 0.25) is 0 Å². The molecule has 0 saturated carbocycles. The van der Waals surface area contributed by atoms with Crippen molar-refractivity contribution in [3.63, 3.8) is 0 Å². The molecule has 0 unspecified atom stereocenters. The fourth-order valence-electron chi connectivity index (χ4n) is 2.41. The van der Waals surface area contributed by atoms with Gasteiger partial charge in [-0.1, -0.05) is 12.1 Å². The van der Waals surface area contributed by atoms with E-state index in [4.69, 9.17) is 0 Å². The Balaban J connectivity index is 1.69. The SMILES string of the molecule is Cc1cc(C(=O)Nc2cnn(Cc3cccc(C(F)(F)F)c3)c2)nn1C. The van der Waals surface area contributed by atoms with Crippen LogP contribution in [0.15, 0.2) is 42.7 Å². The second-order valence-corrected chi connectivity index (χ2v) is 5.87. The lowest BCUT2D eigenvalue weighted by Crippen LogP contribution is -2.12. The molecule has 1 amide bonds. The molecule has 3 rings (SSSR count). The molecule has 9 heteroatoms. The molecule has 26 heavy (non-hydrogen) atoms. The molecule has 0 aliphatic carbocycles.